The minimum atomic E-state index is -0.519. The van der Waals surface area contributed by atoms with Gasteiger partial charge in [0.1, 0.15) is 40.9 Å². The molecule has 1 N–H and O–H groups in total. The number of fused-ring (bicyclic) bond motifs is 1. The molecule has 6 nitrogen and oxygen atoms in total. The van der Waals surface area contributed by atoms with Gasteiger partial charge in [-0.1, -0.05) is 6.42 Å². The van der Waals surface area contributed by atoms with Crippen LogP contribution < -0.4 is 14.9 Å². The number of aryl methyl sites for hydroxylation is 1. The Morgan fingerprint density at radius 2 is 1.84 bits per heavy atom. The third-order valence-electron chi connectivity index (χ3n) is 5.66. The summed E-state index contributed by atoms with van der Waals surface area (Å²) in [5.41, 5.74) is 2.09. The summed E-state index contributed by atoms with van der Waals surface area (Å²) in [7, 11) is 1.55. The maximum Gasteiger partial charge on any atom is 0.197 e. The van der Waals surface area contributed by atoms with Crippen LogP contribution in [0.3, 0.4) is 0 Å². The average Bonchev–Trinajstić information content (AvgIpc) is 2.77. The van der Waals surface area contributed by atoms with Gasteiger partial charge in [0.15, 0.2) is 5.43 Å². The number of hydrogen-bond donors (Lipinski definition) is 1. The predicted octanol–water partition coefficient (Wildman–Crippen LogP) is 4.00. The zero-order chi connectivity index (χ0) is 21.8. The zero-order valence-corrected chi connectivity index (χ0v) is 18.1. The van der Waals surface area contributed by atoms with Crippen molar-refractivity contribution in [2.24, 2.45) is 0 Å². The van der Waals surface area contributed by atoms with Crippen LogP contribution in [0, 0.1) is 6.92 Å². The molecule has 1 unspecified atom stereocenters. The Morgan fingerprint density at radius 1 is 1.10 bits per heavy atom. The number of rotatable bonds is 7. The molecule has 31 heavy (non-hydrogen) atoms. The largest absolute Gasteiger partial charge is 0.496 e. The summed E-state index contributed by atoms with van der Waals surface area (Å²) in [4.78, 5) is 15.0. The summed E-state index contributed by atoms with van der Waals surface area (Å²) >= 11 is 0. The van der Waals surface area contributed by atoms with Gasteiger partial charge in [-0.15, -0.1) is 0 Å². The van der Waals surface area contributed by atoms with Crippen molar-refractivity contribution in [1.29, 1.82) is 0 Å². The van der Waals surface area contributed by atoms with Crippen molar-refractivity contribution in [3.8, 4) is 22.8 Å². The number of aliphatic hydroxyl groups excluding tert-OH is 1. The third-order valence-corrected chi connectivity index (χ3v) is 5.66. The van der Waals surface area contributed by atoms with Gasteiger partial charge < -0.3 is 23.9 Å². The molecule has 6 heteroatoms. The van der Waals surface area contributed by atoms with Gasteiger partial charge in [-0.3, -0.25) is 4.79 Å². The fourth-order valence-corrected chi connectivity index (χ4v) is 4.09. The number of piperidine rings is 1. The third kappa shape index (κ3) is 5.09. The van der Waals surface area contributed by atoms with Crippen molar-refractivity contribution in [1.82, 2.24) is 4.90 Å². The van der Waals surface area contributed by atoms with Gasteiger partial charge in [0.05, 0.1) is 7.11 Å². The van der Waals surface area contributed by atoms with Crippen molar-refractivity contribution < 1.29 is 19.0 Å². The first-order valence-corrected chi connectivity index (χ1v) is 10.8. The Kier molecular flexibility index (Phi) is 6.59. The lowest BCUT2D eigenvalue weighted by Crippen LogP contribution is -2.38. The topological polar surface area (TPSA) is 72.1 Å². The maximum absolute atomic E-state index is 12.7. The van der Waals surface area contributed by atoms with Crippen LogP contribution in [-0.4, -0.2) is 49.5 Å². The molecule has 2 heterocycles. The highest BCUT2D eigenvalue weighted by molar-refractivity contribution is 5.85. The number of nitrogens with zero attached hydrogens (tertiary/aromatic N) is 1. The Balaban J connectivity index is 1.45. The molecule has 0 spiro atoms. The maximum atomic E-state index is 12.7. The number of likely N-dealkylation sites (tertiary alicyclic amines) is 1. The monoisotopic (exact) mass is 423 g/mol. The molecule has 4 rings (SSSR count). The number of benzene rings is 2. The summed E-state index contributed by atoms with van der Waals surface area (Å²) < 4.78 is 17.1. The predicted molar refractivity (Wildman–Crippen MR) is 121 cm³/mol. The molecule has 1 saturated heterocycles. The number of ether oxygens (including phenoxy) is 2. The minimum Gasteiger partial charge on any atom is -0.496 e. The number of hydrogen-bond acceptors (Lipinski definition) is 6. The van der Waals surface area contributed by atoms with E-state index in [4.69, 9.17) is 13.9 Å². The second-order valence-electron chi connectivity index (χ2n) is 8.17. The van der Waals surface area contributed by atoms with E-state index in [-0.39, 0.29) is 12.0 Å². The highest BCUT2D eigenvalue weighted by Gasteiger charge is 2.15. The lowest BCUT2D eigenvalue weighted by Gasteiger charge is -2.28. The summed E-state index contributed by atoms with van der Waals surface area (Å²) in [6.07, 6.45) is 3.16. The molecule has 0 amide bonds. The van der Waals surface area contributed by atoms with Crippen LogP contribution in [0.25, 0.3) is 22.3 Å². The van der Waals surface area contributed by atoms with Gasteiger partial charge in [0.2, 0.25) is 0 Å². The van der Waals surface area contributed by atoms with Gasteiger partial charge in [-0.05, 0) is 74.8 Å². The second-order valence-corrected chi connectivity index (χ2v) is 8.17. The van der Waals surface area contributed by atoms with Gasteiger partial charge in [0.25, 0.3) is 0 Å². The van der Waals surface area contributed by atoms with Gasteiger partial charge >= 0.3 is 0 Å². The van der Waals surface area contributed by atoms with Crippen LogP contribution in [0.2, 0.25) is 0 Å². The fourth-order valence-electron chi connectivity index (χ4n) is 4.09. The van der Waals surface area contributed by atoms with Crippen LogP contribution in [-0.2, 0) is 0 Å². The summed E-state index contributed by atoms with van der Waals surface area (Å²) in [5, 5.41) is 10.7. The molecule has 0 radical (unpaired) electrons. The number of methoxy groups -OCH3 is 1. The normalized spacial score (nSPS) is 15.7. The molecule has 1 atom stereocenters. The van der Waals surface area contributed by atoms with Crippen molar-refractivity contribution in [2.75, 3.05) is 33.4 Å². The summed E-state index contributed by atoms with van der Waals surface area (Å²) in [5.74, 6) is 1.67. The van der Waals surface area contributed by atoms with E-state index < -0.39 is 6.10 Å². The van der Waals surface area contributed by atoms with Gasteiger partial charge in [-0.25, -0.2) is 0 Å². The molecule has 1 aliphatic rings. The average molecular weight is 424 g/mol. The van der Waals surface area contributed by atoms with Crippen molar-refractivity contribution in [3.05, 3.63) is 58.3 Å². The molecule has 1 aliphatic heterocycles. The van der Waals surface area contributed by atoms with Crippen molar-refractivity contribution >= 4 is 11.0 Å². The lowest BCUT2D eigenvalue weighted by molar-refractivity contribution is 0.0617. The zero-order valence-electron chi connectivity index (χ0n) is 18.1. The van der Waals surface area contributed by atoms with Crippen LogP contribution in [0.5, 0.6) is 11.5 Å². The van der Waals surface area contributed by atoms with E-state index in [1.807, 2.05) is 43.3 Å². The standard InChI is InChI=1S/C25H29NO5/c1-17-12-23(29-2)25-21(28)14-22(31-24(25)13-17)18-6-8-20(9-7-18)30-16-19(27)15-26-10-4-3-5-11-26/h6-9,12-14,19,27H,3-5,10-11,15-16H2,1-2H3. The molecule has 0 saturated carbocycles. The second kappa shape index (κ2) is 9.54. The first-order valence-electron chi connectivity index (χ1n) is 10.8. The Hall–Kier alpha value is -2.83. The van der Waals surface area contributed by atoms with Gasteiger partial charge in [0, 0.05) is 18.2 Å². The Labute approximate surface area is 182 Å². The van der Waals surface area contributed by atoms with Crippen LogP contribution >= 0.6 is 0 Å². The van der Waals surface area contributed by atoms with Gasteiger partial charge in [-0.2, -0.15) is 0 Å². The van der Waals surface area contributed by atoms with E-state index in [1.165, 1.54) is 25.3 Å². The van der Waals surface area contributed by atoms with Crippen LogP contribution in [0.1, 0.15) is 24.8 Å². The molecule has 2 aromatic carbocycles. The van der Waals surface area contributed by atoms with E-state index >= 15 is 0 Å². The molecular weight excluding hydrogens is 394 g/mol. The first kappa shape index (κ1) is 21.4. The van der Waals surface area contributed by atoms with E-state index in [1.54, 1.807) is 7.11 Å². The Morgan fingerprint density at radius 3 is 2.55 bits per heavy atom. The van der Waals surface area contributed by atoms with E-state index in [2.05, 4.69) is 4.90 Å². The number of β-amino-alcohol motifs (C(OH)–C–C–N with tert-alkyl or cyclic N) is 1. The minimum absolute atomic E-state index is 0.144. The molecular formula is C25H29NO5. The van der Waals surface area contributed by atoms with E-state index in [9.17, 15) is 9.90 Å². The Bertz CT molecular complexity index is 1080. The lowest BCUT2D eigenvalue weighted by atomic mass is 10.1. The molecule has 0 aliphatic carbocycles. The molecule has 1 aromatic heterocycles. The van der Waals surface area contributed by atoms with E-state index in [0.717, 1.165) is 24.2 Å². The molecule has 164 valence electrons. The molecule has 1 fully saturated rings. The van der Waals surface area contributed by atoms with Crippen LogP contribution in [0.15, 0.2) is 51.7 Å². The number of aliphatic hydroxyl groups is 1. The summed E-state index contributed by atoms with van der Waals surface area (Å²) in [6, 6.07) is 12.5. The highest BCUT2D eigenvalue weighted by atomic mass is 16.5. The van der Waals surface area contributed by atoms with Crippen LogP contribution in [0.4, 0.5) is 0 Å². The smallest absolute Gasteiger partial charge is 0.197 e. The highest BCUT2D eigenvalue weighted by Crippen LogP contribution is 2.29. The SMILES string of the molecule is COc1cc(C)cc2oc(-c3ccc(OCC(O)CN4CCCCC4)cc3)cc(=O)c12. The summed E-state index contributed by atoms with van der Waals surface area (Å²) in [6.45, 7) is 4.92. The quantitative estimate of drug-likeness (QED) is 0.619. The fraction of sp³-hybridized carbons (Fsp3) is 0.400. The molecule has 0 bridgehead atoms. The first-order chi connectivity index (χ1) is 15.0. The van der Waals surface area contributed by atoms with Crippen molar-refractivity contribution in [3.63, 3.8) is 0 Å². The molecule has 3 aromatic rings. The van der Waals surface area contributed by atoms with Crippen molar-refractivity contribution in [2.45, 2.75) is 32.3 Å². The van der Waals surface area contributed by atoms with E-state index in [0.29, 0.717) is 34.8 Å².